The summed E-state index contributed by atoms with van der Waals surface area (Å²) in [6, 6.07) is 13.5. The molecule has 0 amide bonds. The van der Waals surface area contributed by atoms with Crippen LogP contribution < -0.4 is 10.2 Å². The second kappa shape index (κ2) is 11.1. The third-order valence-corrected chi connectivity index (χ3v) is 8.54. The lowest BCUT2D eigenvalue weighted by Gasteiger charge is -2.34. The van der Waals surface area contributed by atoms with Gasteiger partial charge in [-0.25, -0.2) is 8.42 Å². The lowest BCUT2D eigenvalue weighted by molar-refractivity contribution is -0.139. The van der Waals surface area contributed by atoms with Crippen molar-refractivity contribution in [2.24, 2.45) is 0 Å². The first-order valence-electron chi connectivity index (χ1n) is 12.5. The second-order valence-corrected chi connectivity index (χ2v) is 12.4. The third kappa shape index (κ3) is 6.90. The van der Waals surface area contributed by atoms with Crippen LogP contribution in [-0.2, 0) is 34.8 Å². The average molecular weight is 565 g/mol. The van der Waals surface area contributed by atoms with Crippen LogP contribution in [0.2, 0.25) is 0 Å². The Morgan fingerprint density at radius 3 is 2.18 bits per heavy atom. The van der Waals surface area contributed by atoms with Gasteiger partial charge in [-0.05, 0) is 28.7 Å². The van der Waals surface area contributed by atoms with Crippen LogP contribution in [0.25, 0.3) is 0 Å². The Labute approximate surface area is 225 Å². The zero-order valence-electron chi connectivity index (χ0n) is 22.0. The Hall–Kier alpha value is -3.15. The van der Waals surface area contributed by atoms with E-state index in [1.54, 1.807) is 0 Å². The minimum atomic E-state index is -4.78. The lowest BCUT2D eigenvalue weighted by Crippen LogP contribution is -2.48. The standard InChI is InChI=1S/C28H31F3N2O5S/c1-27(2,3)21-10-8-20(9-11-21)18-38-25-19-37-22(16-24(25)34)17-32-12-14-33(15-13-32)39(35,36)26-7-5-4-6-23(26)28(29,30)31/h4-11,16,19H,12-15,17-18H2,1-3H3. The fourth-order valence-electron chi connectivity index (χ4n) is 4.30. The smallest absolute Gasteiger partial charge is 0.417 e. The summed E-state index contributed by atoms with van der Waals surface area (Å²) in [6.07, 6.45) is -3.52. The van der Waals surface area contributed by atoms with E-state index in [-0.39, 0.29) is 55.9 Å². The molecule has 0 atom stereocenters. The largest absolute Gasteiger partial charge is 0.482 e. The Balaban J connectivity index is 1.34. The SMILES string of the molecule is CC(C)(C)c1ccc(COc2coc(CN3CCN(S(=O)(=O)c4ccccc4C(F)(F)F)CC3)cc2=O)cc1. The molecule has 4 rings (SSSR count). The summed E-state index contributed by atoms with van der Waals surface area (Å²) in [6.45, 7) is 7.39. The van der Waals surface area contributed by atoms with Crippen LogP contribution in [0.15, 0.2) is 75.0 Å². The zero-order chi connectivity index (χ0) is 28.4. The number of benzene rings is 2. The average Bonchev–Trinajstić information content (AvgIpc) is 2.88. The first-order chi connectivity index (χ1) is 18.2. The number of hydrogen-bond donors (Lipinski definition) is 0. The first-order valence-corrected chi connectivity index (χ1v) is 13.9. The normalized spacial score (nSPS) is 15.8. The summed E-state index contributed by atoms with van der Waals surface area (Å²) in [7, 11) is -4.33. The van der Waals surface area contributed by atoms with E-state index >= 15 is 0 Å². The van der Waals surface area contributed by atoms with Gasteiger partial charge in [0.2, 0.25) is 21.2 Å². The monoisotopic (exact) mass is 564 g/mol. The molecule has 7 nitrogen and oxygen atoms in total. The maximum Gasteiger partial charge on any atom is 0.417 e. The topological polar surface area (TPSA) is 80.1 Å². The third-order valence-electron chi connectivity index (χ3n) is 6.59. The molecule has 2 aromatic carbocycles. The molecule has 0 unspecified atom stereocenters. The van der Waals surface area contributed by atoms with E-state index in [2.05, 4.69) is 20.8 Å². The predicted molar refractivity (Wildman–Crippen MR) is 140 cm³/mol. The number of rotatable bonds is 7. The van der Waals surface area contributed by atoms with Crippen molar-refractivity contribution in [2.75, 3.05) is 26.2 Å². The van der Waals surface area contributed by atoms with E-state index in [0.29, 0.717) is 5.76 Å². The van der Waals surface area contributed by atoms with E-state index in [4.69, 9.17) is 9.15 Å². The molecule has 1 fully saturated rings. The van der Waals surface area contributed by atoms with E-state index in [0.717, 1.165) is 28.1 Å². The van der Waals surface area contributed by atoms with Crippen LogP contribution in [0, 0.1) is 0 Å². The summed E-state index contributed by atoms with van der Waals surface area (Å²) in [5.74, 6) is 0.457. The van der Waals surface area contributed by atoms with E-state index in [1.807, 2.05) is 29.2 Å². The van der Waals surface area contributed by atoms with Crippen LogP contribution in [0.5, 0.6) is 5.75 Å². The van der Waals surface area contributed by atoms with Crippen molar-refractivity contribution in [3.63, 3.8) is 0 Å². The van der Waals surface area contributed by atoms with Gasteiger partial charge in [-0.1, -0.05) is 57.2 Å². The minimum absolute atomic E-state index is 0.00789. The van der Waals surface area contributed by atoms with Crippen LogP contribution in [0.1, 0.15) is 43.2 Å². The van der Waals surface area contributed by atoms with Crippen molar-refractivity contribution in [2.45, 2.75) is 50.4 Å². The molecule has 39 heavy (non-hydrogen) atoms. The van der Waals surface area contributed by atoms with Gasteiger partial charge in [0.15, 0.2) is 0 Å². The summed E-state index contributed by atoms with van der Waals surface area (Å²) in [4.78, 5) is 13.7. The number of halogens is 3. The van der Waals surface area contributed by atoms with Crippen LogP contribution in [0.4, 0.5) is 13.2 Å². The first kappa shape index (κ1) is 28.8. The highest BCUT2D eigenvalue weighted by Gasteiger charge is 2.39. The highest BCUT2D eigenvalue weighted by atomic mass is 32.2. The zero-order valence-corrected chi connectivity index (χ0v) is 22.8. The van der Waals surface area contributed by atoms with Gasteiger partial charge in [0.05, 0.1) is 17.0 Å². The van der Waals surface area contributed by atoms with Crippen molar-refractivity contribution in [1.29, 1.82) is 0 Å². The molecule has 3 aromatic rings. The minimum Gasteiger partial charge on any atom is -0.482 e. The molecule has 0 radical (unpaired) electrons. The van der Waals surface area contributed by atoms with Crippen LogP contribution >= 0.6 is 0 Å². The molecule has 1 aliphatic heterocycles. The van der Waals surface area contributed by atoms with Gasteiger partial charge in [-0.2, -0.15) is 17.5 Å². The molecule has 1 aromatic heterocycles. The second-order valence-electron chi connectivity index (χ2n) is 10.5. The molecule has 0 aliphatic carbocycles. The molecular weight excluding hydrogens is 533 g/mol. The summed E-state index contributed by atoms with van der Waals surface area (Å²) < 4.78 is 78.3. The number of ether oxygens (including phenoxy) is 1. The number of nitrogens with zero attached hydrogens (tertiary/aromatic N) is 2. The molecule has 11 heteroatoms. The molecule has 0 spiro atoms. The Morgan fingerprint density at radius 2 is 1.59 bits per heavy atom. The molecule has 0 saturated carbocycles. The van der Waals surface area contributed by atoms with Gasteiger partial charge in [0.1, 0.15) is 18.6 Å². The maximum absolute atomic E-state index is 13.4. The van der Waals surface area contributed by atoms with Gasteiger partial charge < -0.3 is 9.15 Å². The van der Waals surface area contributed by atoms with Gasteiger partial charge in [0.25, 0.3) is 0 Å². The van der Waals surface area contributed by atoms with Gasteiger partial charge in [-0.15, -0.1) is 0 Å². The van der Waals surface area contributed by atoms with Gasteiger partial charge in [0, 0.05) is 32.2 Å². The lowest BCUT2D eigenvalue weighted by atomic mass is 9.87. The summed E-state index contributed by atoms with van der Waals surface area (Å²) >= 11 is 0. The van der Waals surface area contributed by atoms with Crippen molar-refractivity contribution >= 4 is 10.0 Å². The fraction of sp³-hybridized carbons (Fsp3) is 0.393. The maximum atomic E-state index is 13.4. The van der Waals surface area contributed by atoms with Gasteiger partial charge >= 0.3 is 6.18 Å². The van der Waals surface area contributed by atoms with E-state index < -0.39 is 26.7 Å². The Bertz CT molecular complexity index is 1450. The van der Waals surface area contributed by atoms with E-state index in [9.17, 15) is 26.4 Å². The number of alkyl halides is 3. The van der Waals surface area contributed by atoms with Crippen molar-refractivity contribution in [1.82, 2.24) is 9.21 Å². The molecule has 0 N–H and O–H groups in total. The molecule has 210 valence electrons. The quantitative estimate of drug-likeness (QED) is 0.400. The fourth-order valence-corrected chi connectivity index (χ4v) is 5.94. The van der Waals surface area contributed by atoms with E-state index in [1.165, 1.54) is 24.0 Å². The molecule has 1 aliphatic rings. The molecule has 1 saturated heterocycles. The molecular formula is C28H31F3N2O5S. The van der Waals surface area contributed by atoms with Crippen LogP contribution in [-0.4, -0.2) is 43.8 Å². The van der Waals surface area contributed by atoms with Crippen LogP contribution in [0.3, 0.4) is 0 Å². The summed E-state index contributed by atoms with van der Waals surface area (Å²) in [5.41, 5.74) is 0.623. The number of hydrogen-bond acceptors (Lipinski definition) is 6. The summed E-state index contributed by atoms with van der Waals surface area (Å²) in [5, 5.41) is 0. The number of piperazine rings is 1. The predicted octanol–water partition coefficient (Wildman–Crippen LogP) is 5.04. The molecule has 2 heterocycles. The van der Waals surface area contributed by atoms with Crippen molar-refractivity contribution < 1.29 is 30.7 Å². The highest BCUT2D eigenvalue weighted by Crippen LogP contribution is 2.35. The van der Waals surface area contributed by atoms with Crippen molar-refractivity contribution in [3.8, 4) is 5.75 Å². The molecule has 0 bridgehead atoms. The van der Waals surface area contributed by atoms with Gasteiger partial charge in [-0.3, -0.25) is 9.69 Å². The highest BCUT2D eigenvalue weighted by molar-refractivity contribution is 7.89. The Morgan fingerprint density at radius 1 is 0.949 bits per heavy atom. The van der Waals surface area contributed by atoms with Crippen molar-refractivity contribution in [3.05, 3.63) is 93.5 Å². The number of sulfonamides is 1. The Kier molecular flexibility index (Phi) is 8.25.